The first-order valence-corrected chi connectivity index (χ1v) is 7.59. The number of rotatable bonds is 5. The fourth-order valence-corrected chi connectivity index (χ4v) is 3.04. The molecule has 0 saturated heterocycles. The van der Waals surface area contributed by atoms with Gasteiger partial charge in [0.2, 0.25) is 5.89 Å². The minimum Gasteiger partial charge on any atom is -0.438 e. The van der Waals surface area contributed by atoms with Crippen molar-refractivity contribution < 1.29 is 4.42 Å². The molecule has 0 aliphatic carbocycles. The molecule has 0 amide bonds. The second-order valence-electron chi connectivity index (χ2n) is 4.71. The number of nitrogens with one attached hydrogen (secondary N) is 1. The van der Waals surface area contributed by atoms with Crippen LogP contribution in [0.3, 0.4) is 0 Å². The van der Waals surface area contributed by atoms with E-state index in [2.05, 4.69) is 53.1 Å². The Hall–Kier alpha value is -0.650. The molecule has 0 unspecified atom stereocenters. The van der Waals surface area contributed by atoms with E-state index in [1.165, 1.54) is 5.56 Å². The van der Waals surface area contributed by atoms with Crippen molar-refractivity contribution in [3.05, 3.63) is 27.5 Å². The lowest BCUT2D eigenvalue weighted by molar-refractivity contribution is 0.459. The van der Waals surface area contributed by atoms with Crippen LogP contribution in [0.4, 0.5) is 0 Å². The number of aromatic nitrogens is 1. The Balaban J connectivity index is 2.01. The first-order chi connectivity index (χ1) is 8.56. The molecule has 0 bridgehead atoms. The van der Waals surface area contributed by atoms with E-state index in [4.69, 9.17) is 4.42 Å². The van der Waals surface area contributed by atoms with Crippen molar-refractivity contribution in [3.63, 3.8) is 0 Å². The van der Waals surface area contributed by atoms with Gasteiger partial charge in [-0.05, 0) is 46.9 Å². The predicted molar refractivity (Wildman–Crippen MR) is 78.8 cm³/mol. The Bertz CT molecular complexity index is 499. The van der Waals surface area contributed by atoms with Crippen molar-refractivity contribution in [2.45, 2.75) is 27.3 Å². The zero-order valence-electron chi connectivity index (χ0n) is 10.8. The van der Waals surface area contributed by atoms with Gasteiger partial charge in [0.25, 0.3) is 0 Å². The fourth-order valence-electron chi connectivity index (χ4n) is 1.55. The second-order valence-corrected chi connectivity index (χ2v) is 7.08. The summed E-state index contributed by atoms with van der Waals surface area (Å²) < 4.78 is 6.88. The number of nitrogens with zero attached hydrogens (tertiary/aromatic N) is 1. The number of hydrogen-bond donors (Lipinski definition) is 1. The molecule has 0 saturated carbocycles. The van der Waals surface area contributed by atoms with Crippen LogP contribution in [0, 0.1) is 12.8 Å². The standard InChI is InChI=1S/C13H17BrN2OS/c1-8(2)5-15-7-12-16-6-10(17-12)11-4-9(3)13(14)18-11/h4,6,8,15H,5,7H2,1-3H3. The van der Waals surface area contributed by atoms with Crippen molar-refractivity contribution in [2.24, 2.45) is 5.92 Å². The van der Waals surface area contributed by atoms with Gasteiger partial charge in [-0.15, -0.1) is 11.3 Å². The molecule has 2 aromatic heterocycles. The van der Waals surface area contributed by atoms with E-state index in [-0.39, 0.29) is 0 Å². The van der Waals surface area contributed by atoms with E-state index in [9.17, 15) is 0 Å². The first kappa shape index (κ1) is 13.8. The third kappa shape index (κ3) is 3.43. The zero-order chi connectivity index (χ0) is 13.1. The Kier molecular flexibility index (Phi) is 4.59. The van der Waals surface area contributed by atoms with Crippen molar-refractivity contribution in [3.8, 4) is 10.6 Å². The predicted octanol–water partition coefficient (Wildman–Crippen LogP) is 4.22. The van der Waals surface area contributed by atoms with Crippen LogP contribution in [0.5, 0.6) is 0 Å². The van der Waals surface area contributed by atoms with Crippen LogP contribution in [-0.2, 0) is 6.54 Å². The van der Waals surface area contributed by atoms with Gasteiger partial charge in [-0.1, -0.05) is 13.8 Å². The van der Waals surface area contributed by atoms with E-state index in [0.29, 0.717) is 12.5 Å². The molecule has 0 aliphatic heterocycles. The van der Waals surface area contributed by atoms with Gasteiger partial charge in [-0.25, -0.2) is 4.98 Å². The third-order valence-corrected chi connectivity index (χ3v) is 4.63. The molecule has 2 rings (SSSR count). The summed E-state index contributed by atoms with van der Waals surface area (Å²) in [6, 6.07) is 2.11. The van der Waals surface area contributed by atoms with Crippen molar-refractivity contribution >= 4 is 27.3 Å². The summed E-state index contributed by atoms with van der Waals surface area (Å²) in [5, 5.41) is 3.32. The minimum atomic E-state index is 0.635. The van der Waals surface area contributed by atoms with Crippen LogP contribution in [0.2, 0.25) is 0 Å². The van der Waals surface area contributed by atoms with Gasteiger partial charge in [0.05, 0.1) is 21.4 Å². The molecule has 98 valence electrons. The molecule has 1 N–H and O–H groups in total. The summed E-state index contributed by atoms with van der Waals surface area (Å²) in [4.78, 5) is 5.40. The molecule has 0 atom stereocenters. The van der Waals surface area contributed by atoms with E-state index < -0.39 is 0 Å². The number of aryl methyl sites for hydroxylation is 1. The second kappa shape index (κ2) is 5.99. The smallest absolute Gasteiger partial charge is 0.208 e. The third-order valence-electron chi connectivity index (χ3n) is 2.48. The van der Waals surface area contributed by atoms with Crippen molar-refractivity contribution in [1.29, 1.82) is 0 Å². The average molecular weight is 329 g/mol. The highest BCUT2D eigenvalue weighted by Crippen LogP contribution is 2.34. The fraction of sp³-hybridized carbons (Fsp3) is 0.462. The molecule has 2 aromatic rings. The molecule has 18 heavy (non-hydrogen) atoms. The van der Waals surface area contributed by atoms with Gasteiger partial charge in [-0.3, -0.25) is 0 Å². The summed E-state index contributed by atoms with van der Waals surface area (Å²) >= 11 is 5.19. The summed E-state index contributed by atoms with van der Waals surface area (Å²) in [7, 11) is 0. The number of hydrogen-bond acceptors (Lipinski definition) is 4. The highest BCUT2D eigenvalue weighted by molar-refractivity contribution is 9.11. The monoisotopic (exact) mass is 328 g/mol. The first-order valence-electron chi connectivity index (χ1n) is 5.98. The quantitative estimate of drug-likeness (QED) is 0.892. The van der Waals surface area contributed by atoms with Crippen LogP contribution in [0.1, 0.15) is 25.3 Å². The van der Waals surface area contributed by atoms with Gasteiger partial charge in [0.1, 0.15) is 0 Å². The van der Waals surface area contributed by atoms with Crippen LogP contribution < -0.4 is 5.32 Å². The zero-order valence-corrected chi connectivity index (χ0v) is 13.2. The normalized spacial score (nSPS) is 11.4. The molecule has 2 heterocycles. The average Bonchev–Trinajstić information content (AvgIpc) is 2.87. The Labute approximate surface area is 120 Å². The maximum atomic E-state index is 5.74. The van der Waals surface area contributed by atoms with Crippen molar-refractivity contribution in [2.75, 3.05) is 6.54 Å². The van der Waals surface area contributed by atoms with Crippen LogP contribution in [0.25, 0.3) is 10.6 Å². The maximum absolute atomic E-state index is 5.74. The van der Waals surface area contributed by atoms with Gasteiger partial charge >= 0.3 is 0 Å². The lowest BCUT2D eigenvalue weighted by atomic mass is 10.2. The highest BCUT2D eigenvalue weighted by Gasteiger charge is 2.10. The van der Waals surface area contributed by atoms with E-state index in [1.54, 1.807) is 17.5 Å². The topological polar surface area (TPSA) is 38.1 Å². The van der Waals surface area contributed by atoms with Gasteiger partial charge in [-0.2, -0.15) is 0 Å². The van der Waals surface area contributed by atoms with Gasteiger partial charge in [0.15, 0.2) is 5.76 Å². The van der Waals surface area contributed by atoms with E-state index in [0.717, 1.165) is 26.9 Å². The molecule has 0 aliphatic rings. The Morgan fingerprint density at radius 1 is 1.50 bits per heavy atom. The van der Waals surface area contributed by atoms with E-state index in [1.807, 2.05) is 0 Å². The van der Waals surface area contributed by atoms with Crippen LogP contribution in [0.15, 0.2) is 20.5 Å². The molecule has 0 radical (unpaired) electrons. The number of oxazole rings is 1. The molecular weight excluding hydrogens is 312 g/mol. The van der Waals surface area contributed by atoms with Crippen LogP contribution >= 0.6 is 27.3 Å². The van der Waals surface area contributed by atoms with Crippen LogP contribution in [-0.4, -0.2) is 11.5 Å². The minimum absolute atomic E-state index is 0.635. The number of thiophene rings is 1. The summed E-state index contributed by atoms with van der Waals surface area (Å²) in [6.07, 6.45) is 1.80. The summed E-state index contributed by atoms with van der Waals surface area (Å²) in [5.74, 6) is 2.22. The SMILES string of the molecule is Cc1cc(-c2cnc(CNCC(C)C)o2)sc1Br. The molecule has 0 aromatic carbocycles. The maximum Gasteiger partial charge on any atom is 0.208 e. The van der Waals surface area contributed by atoms with Gasteiger partial charge in [0, 0.05) is 0 Å². The van der Waals surface area contributed by atoms with Crippen molar-refractivity contribution in [1.82, 2.24) is 10.3 Å². The highest BCUT2D eigenvalue weighted by atomic mass is 79.9. The molecular formula is C13H17BrN2OS. The molecule has 0 fully saturated rings. The summed E-state index contributed by atoms with van der Waals surface area (Å²) in [5.41, 5.74) is 1.23. The van der Waals surface area contributed by atoms with Gasteiger partial charge < -0.3 is 9.73 Å². The summed E-state index contributed by atoms with van der Waals surface area (Å²) in [6.45, 7) is 8.09. The Morgan fingerprint density at radius 3 is 2.89 bits per heavy atom. The molecule has 0 spiro atoms. The lowest BCUT2D eigenvalue weighted by Crippen LogP contribution is -2.18. The van der Waals surface area contributed by atoms with E-state index >= 15 is 0 Å². The largest absolute Gasteiger partial charge is 0.438 e. The number of halogens is 1. The molecule has 5 heteroatoms. The lowest BCUT2D eigenvalue weighted by Gasteiger charge is -2.04. The Morgan fingerprint density at radius 2 is 2.28 bits per heavy atom. The molecule has 3 nitrogen and oxygen atoms in total.